The van der Waals surface area contributed by atoms with Gasteiger partial charge in [0.25, 0.3) is 0 Å². The number of aryl methyl sites for hydroxylation is 1. The number of aliphatic hydroxyl groups excluding tert-OH is 1. The Labute approximate surface area is 99.7 Å². The normalized spacial score (nSPS) is 12.1. The predicted octanol–water partition coefficient (Wildman–Crippen LogP) is 2.11. The van der Waals surface area contributed by atoms with Crippen molar-refractivity contribution in [3.05, 3.63) is 47.3 Å². The van der Waals surface area contributed by atoms with Crippen LogP contribution in [0, 0.1) is 18.3 Å². The summed E-state index contributed by atoms with van der Waals surface area (Å²) in [4.78, 5) is 0. The topological polar surface area (TPSA) is 61.8 Å². The molecule has 2 aromatic rings. The first-order valence-corrected chi connectivity index (χ1v) is 5.36. The van der Waals surface area contributed by atoms with Crippen molar-refractivity contribution >= 4 is 0 Å². The molecule has 2 rings (SSSR count). The molecule has 0 radical (unpaired) electrons. The second kappa shape index (κ2) is 4.40. The van der Waals surface area contributed by atoms with Crippen LogP contribution >= 0.6 is 0 Å². The highest BCUT2D eigenvalue weighted by molar-refractivity contribution is 5.48. The van der Waals surface area contributed by atoms with Crippen LogP contribution in [-0.2, 0) is 0 Å². The van der Waals surface area contributed by atoms with E-state index in [-0.39, 0.29) is 0 Å². The number of nitrogens with zero attached hydrogens (tertiary/aromatic N) is 3. The summed E-state index contributed by atoms with van der Waals surface area (Å²) >= 11 is 0. The molecule has 0 spiro atoms. The van der Waals surface area contributed by atoms with Gasteiger partial charge in [0.2, 0.25) is 0 Å². The fraction of sp³-hybridized carbons (Fsp3) is 0.231. The van der Waals surface area contributed by atoms with Crippen LogP contribution in [0.4, 0.5) is 0 Å². The third-order valence-corrected chi connectivity index (χ3v) is 2.58. The molecule has 1 atom stereocenters. The van der Waals surface area contributed by atoms with Crippen molar-refractivity contribution in [2.45, 2.75) is 20.0 Å². The molecule has 17 heavy (non-hydrogen) atoms. The molecule has 0 aliphatic carbocycles. The molecular formula is C13H13N3O. The fourth-order valence-electron chi connectivity index (χ4n) is 1.71. The van der Waals surface area contributed by atoms with E-state index in [1.54, 1.807) is 29.8 Å². The molecule has 0 saturated carbocycles. The average Bonchev–Trinajstić information content (AvgIpc) is 2.75. The Morgan fingerprint density at radius 2 is 2.18 bits per heavy atom. The van der Waals surface area contributed by atoms with E-state index in [1.807, 2.05) is 19.2 Å². The zero-order valence-electron chi connectivity index (χ0n) is 9.75. The van der Waals surface area contributed by atoms with Gasteiger partial charge < -0.3 is 5.11 Å². The van der Waals surface area contributed by atoms with Crippen LogP contribution in [0.25, 0.3) is 5.69 Å². The number of hydrogen-bond acceptors (Lipinski definition) is 3. The maximum atomic E-state index is 9.71. The second-order valence-corrected chi connectivity index (χ2v) is 3.96. The molecule has 1 unspecified atom stereocenters. The van der Waals surface area contributed by atoms with Crippen molar-refractivity contribution in [2.75, 3.05) is 0 Å². The summed E-state index contributed by atoms with van der Waals surface area (Å²) in [6, 6.07) is 9.15. The van der Waals surface area contributed by atoms with E-state index < -0.39 is 6.10 Å². The van der Waals surface area contributed by atoms with Crippen molar-refractivity contribution in [1.82, 2.24) is 9.78 Å². The van der Waals surface area contributed by atoms with E-state index in [4.69, 9.17) is 5.26 Å². The van der Waals surface area contributed by atoms with Crippen LogP contribution in [0.1, 0.15) is 29.8 Å². The lowest BCUT2D eigenvalue weighted by Gasteiger charge is -2.12. The van der Waals surface area contributed by atoms with E-state index in [9.17, 15) is 5.11 Å². The lowest BCUT2D eigenvalue weighted by atomic mass is 10.1. The Balaban J connectivity index is 2.61. The molecule has 4 nitrogen and oxygen atoms in total. The maximum absolute atomic E-state index is 9.71. The number of nitriles is 1. The Morgan fingerprint density at radius 1 is 1.41 bits per heavy atom. The molecule has 0 bridgehead atoms. The number of hydrogen-bond donors (Lipinski definition) is 1. The highest BCUT2D eigenvalue weighted by atomic mass is 16.3. The molecule has 0 aliphatic rings. The monoisotopic (exact) mass is 227 g/mol. The van der Waals surface area contributed by atoms with Crippen LogP contribution in [0.15, 0.2) is 30.5 Å². The molecule has 4 heteroatoms. The van der Waals surface area contributed by atoms with Crippen LogP contribution in [0.2, 0.25) is 0 Å². The number of aromatic nitrogens is 2. The molecule has 1 heterocycles. The first kappa shape index (κ1) is 11.4. The molecule has 86 valence electrons. The third-order valence-electron chi connectivity index (χ3n) is 2.58. The Kier molecular flexibility index (Phi) is 2.94. The van der Waals surface area contributed by atoms with Crippen LogP contribution in [-0.4, -0.2) is 14.9 Å². The van der Waals surface area contributed by atoms with Gasteiger partial charge in [0.1, 0.15) is 0 Å². The SMILES string of the molecule is Cc1ccn(-c2cc(C#N)ccc2C(C)O)n1. The number of rotatable bonds is 2. The van der Waals surface area contributed by atoms with E-state index in [0.717, 1.165) is 16.9 Å². The zero-order valence-corrected chi connectivity index (χ0v) is 9.75. The summed E-state index contributed by atoms with van der Waals surface area (Å²) in [5, 5.41) is 22.9. The van der Waals surface area contributed by atoms with Gasteiger partial charge in [0, 0.05) is 11.8 Å². The minimum absolute atomic E-state index is 0.553. The minimum atomic E-state index is -0.595. The lowest BCUT2D eigenvalue weighted by Crippen LogP contribution is -2.04. The summed E-state index contributed by atoms with van der Waals surface area (Å²) in [6.07, 6.45) is 1.22. The molecule has 1 N–H and O–H groups in total. The van der Waals surface area contributed by atoms with Crippen molar-refractivity contribution in [2.24, 2.45) is 0 Å². The van der Waals surface area contributed by atoms with Gasteiger partial charge in [0.15, 0.2) is 0 Å². The van der Waals surface area contributed by atoms with Crippen LogP contribution < -0.4 is 0 Å². The van der Waals surface area contributed by atoms with E-state index in [2.05, 4.69) is 11.2 Å². The second-order valence-electron chi connectivity index (χ2n) is 3.96. The molecule has 0 saturated heterocycles. The van der Waals surface area contributed by atoms with Gasteiger partial charge in [-0.25, -0.2) is 4.68 Å². The van der Waals surface area contributed by atoms with Gasteiger partial charge in [-0.15, -0.1) is 0 Å². The molecular weight excluding hydrogens is 214 g/mol. The first-order valence-electron chi connectivity index (χ1n) is 5.36. The van der Waals surface area contributed by atoms with Crippen molar-refractivity contribution in [3.8, 4) is 11.8 Å². The summed E-state index contributed by atoms with van der Waals surface area (Å²) in [7, 11) is 0. The van der Waals surface area contributed by atoms with Crippen LogP contribution in [0.3, 0.4) is 0 Å². The fourth-order valence-corrected chi connectivity index (χ4v) is 1.71. The zero-order chi connectivity index (χ0) is 12.4. The van der Waals surface area contributed by atoms with Crippen molar-refractivity contribution < 1.29 is 5.11 Å². The number of aliphatic hydroxyl groups is 1. The summed E-state index contributed by atoms with van der Waals surface area (Å²) < 4.78 is 1.68. The quantitative estimate of drug-likeness (QED) is 0.854. The number of benzene rings is 1. The summed E-state index contributed by atoms with van der Waals surface area (Å²) in [6.45, 7) is 3.59. The summed E-state index contributed by atoms with van der Waals surface area (Å²) in [5.41, 5.74) is 2.95. The summed E-state index contributed by atoms with van der Waals surface area (Å²) in [5.74, 6) is 0. The van der Waals surface area contributed by atoms with E-state index in [0.29, 0.717) is 5.56 Å². The standard InChI is InChI=1S/C13H13N3O/c1-9-5-6-16(15-9)13-7-11(8-14)3-4-12(13)10(2)17/h3-7,10,17H,1-2H3. The highest BCUT2D eigenvalue weighted by Crippen LogP contribution is 2.22. The highest BCUT2D eigenvalue weighted by Gasteiger charge is 2.11. The molecule has 0 aliphatic heterocycles. The Hall–Kier alpha value is -2.12. The van der Waals surface area contributed by atoms with E-state index in [1.165, 1.54) is 0 Å². The molecule has 1 aromatic heterocycles. The van der Waals surface area contributed by atoms with Gasteiger partial charge in [-0.1, -0.05) is 6.07 Å². The van der Waals surface area contributed by atoms with Gasteiger partial charge in [-0.2, -0.15) is 10.4 Å². The lowest BCUT2D eigenvalue weighted by molar-refractivity contribution is 0.199. The Bertz CT molecular complexity index is 579. The largest absolute Gasteiger partial charge is 0.389 e. The van der Waals surface area contributed by atoms with Crippen LogP contribution in [0.5, 0.6) is 0 Å². The van der Waals surface area contributed by atoms with Gasteiger partial charge >= 0.3 is 0 Å². The molecule has 1 aromatic carbocycles. The van der Waals surface area contributed by atoms with Crippen molar-refractivity contribution in [3.63, 3.8) is 0 Å². The van der Waals surface area contributed by atoms with Gasteiger partial charge in [-0.05, 0) is 32.0 Å². The van der Waals surface area contributed by atoms with Crippen molar-refractivity contribution in [1.29, 1.82) is 5.26 Å². The minimum Gasteiger partial charge on any atom is -0.389 e. The first-order chi connectivity index (χ1) is 8.11. The van der Waals surface area contributed by atoms with Gasteiger partial charge in [-0.3, -0.25) is 0 Å². The smallest absolute Gasteiger partial charge is 0.0992 e. The predicted molar refractivity (Wildman–Crippen MR) is 63.6 cm³/mol. The van der Waals surface area contributed by atoms with E-state index >= 15 is 0 Å². The molecule has 0 amide bonds. The average molecular weight is 227 g/mol. The molecule has 0 fully saturated rings. The third kappa shape index (κ3) is 2.19. The Morgan fingerprint density at radius 3 is 2.71 bits per heavy atom. The maximum Gasteiger partial charge on any atom is 0.0992 e. The van der Waals surface area contributed by atoms with Gasteiger partial charge in [0.05, 0.1) is 29.1 Å².